The van der Waals surface area contributed by atoms with Gasteiger partial charge in [-0.05, 0) is 43.0 Å². The van der Waals surface area contributed by atoms with Gasteiger partial charge in [0.2, 0.25) is 0 Å². The van der Waals surface area contributed by atoms with Crippen molar-refractivity contribution in [1.29, 1.82) is 0 Å². The van der Waals surface area contributed by atoms with Gasteiger partial charge in [0.05, 0.1) is 11.5 Å². The fourth-order valence-corrected chi connectivity index (χ4v) is 3.24. The molecule has 30 heavy (non-hydrogen) atoms. The molecule has 0 aromatic heterocycles. The number of nitro groups is 1. The van der Waals surface area contributed by atoms with Gasteiger partial charge in [-0.2, -0.15) is 8.78 Å². The third kappa shape index (κ3) is 4.70. The minimum atomic E-state index is -2.90. The number of nitrogens with zero attached hydrogens (tertiary/aromatic N) is 2. The molecule has 0 aliphatic carbocycles. The van der Waals surface area contributed by atoms with Crippen molar-refractivity contribution in [2.45, 2.75) is 38.5 Å². The van der Waals surface area contributed by atoms with Crippen LogP contribution in [0.25, 0.3) is 0 Å². The van der Waals surface area contributed by atoms with Crippen LogP contribution in [0.2, 0.25) is 0 Å². The van der Waals surface area contributed by atoms with Crippen LogP contribution >= 0.6 is 0 Å². The highest BCUT2D eigenvalue weighted by Crippen LogP contribution is 2.26. The molecule has 2 aromatic rings. The van der Waals surface area contributed by atoms with Crippen LogP contribution < -0.4 is 10.1 Å². The van der Waals surface area contributed by atoms with E-state index in [4.69, 9.17) is 0 Å². The molecule has 0 radical (unpaired) electrons. The van der Waals surface area contributed by atoms with Gasteiger partial charge in [0, 0.05) is 12.1 Å². The van der Waals surface area contributed by atoms with Crippen molar-refractivity contribution in [3.8, 4) is 5.75 Å². The maximum Gasteiger partial charge on any atom is 0.387 e. The van der Waals surface area contributed by atoms with Gasteiger partial charge in [0.15, 0.2) is 0 Å². The van der Waals surface area contributed by atoms with E-state index in [0.29, 0.717) is 12.0 Å². The number of ether oxygens (including phenoxy) is 1. The van der Waals surface area contributed by atoms with Gasteiger partial charge in [0.1, 0.15) is 11.3 Å². The van der Waals surface area contributed by atoms with E-state index >= 15 is 0 Å². The van der Waals surface area contributed by atoms with Gasteiger partial charge in [0.25, 0.3) is 11.6 Å². The van der Waals surface area contributed by atoms with Crippen LogP contribution in [-0.4, -0.2) is 33.9 Å². The Labute approximate surface area is 170 Å². The molecule has 1 N–H and O–H groups in total. The molecule has 1 heterocycles. The van der Waals surface area contributed by atoms with E-state index in [-0.39, 0.29) is 24.4 Å². The average Bonchev–Trinajstić information content (AvgIpc) is 2.91. The van der Waals surface area contributed by atoms with Crippen LogP contribution in [-0.2, 0) is 17.8 Å². The highest BCUT2D eigenvalue weighted by molar-refractivity contribution is 6.06. The summed E-state index contributed by atoms with van der Waals surface area (Å²) in [6.07, 6.45) is 0.709. The summed E-state index contributed by atoms with van der Waals surface area (Å²) in [6, 6.07) is 11.2. The first-order chi connectivity index (χ1) is 14.2. The number of imide groups is 1. The molecule has 3 rings (SSSR count). The van der Waals surface area contributed by atoms with Gasteiger partial charge in [-0.25, -0.2) is 4.79 Å². The Bertz CT molecular complexity index is 967. The minimum absolute atomic E-state index is 0.0355. The lowest BCUT2D eigenvalue weighted by Gasteiger charge is -2.21. The lowest BCUT2D eigenvalue weighted by molar-refractivity contribution is -0.384. The molecule has 10 heteroatoms. The Balaban J connectivity index is 1.65. The molecule has 158 valence electrons. The Morgan fingerprint density at radius 2 is 1.87 bits per heavy atom. The molecule has 1 aliphatic rings. The predicted octanol–water partition coefficient (Wildman–Crippen LogP) is 3.64. The number of hydrogen-bond acceptors (Lipinski definition) is 5. The zero-order valence-corrected chi connectivity index (χ0v) is 16.0. The van der Waals surface area contributed by atoms with Crippen molar-refractivity contribution < 1.29 is 28.0 Å². The maximum atomic E-state index is 12.9. The molecule has 1 atom stereocenters. The third-order valence-electron chi connectivity index (χ3n) is 4.87. The topological polar surface area (TPSA) is 102 Å². The standard InChI is InChI=1S/C20H19F2N3O5/c1-20(10-9-13-5-7-16(8-6-13)30-18(21)22)17(26)24(19(27)23-20)12-14-3-2-4-15(11-14)25(28)29/h2-8,11,18H,9-10,12H2,1H3,(H,23,27). The van der Waals surface area contributed by atoms with Gasteiger partial charge in [-0.1, -0.05) is 24.3 Å². The molecule has 1 aliphatic heterocycles. The van der Waals surface area contributed by atoms with Crippen LogP contribution in [0.4, 0.5) is 19.3 Å². The highest BCUT2D eigenvalue weighted by Gasteiger charge is 2.47. The van der Waals surface area contributed by atoms with E-state index < -0.39 is 29.0 Å². The Hall–Kier alpha value is -3.56. The van der Waals surface area contributed by atoms with Gasteiger partial charge in [-0.15, -0.1) is 0 Å². The Morgan fingerprint density at radius 3 is 2.50 bits per heavy atom. The molecule has 1 saturated heterocycles. The SMILES string of the molecule is CC1(CCc2ccc(OC(F)F)cc2)NC(=O)N(Cc2cccc([N+](=O)[O-])c2)C1=O. The Morgan fingerprint density at radius 1 is 1.17 bits per heavy atom. The summed E-state index contributed by atoms with van der Waals surface area (Å²) in [4.78, 5) is 36.6. The number of urea groups is 1. The van der Waals surface area contributed by atoms with Crippen molar-refractivity contribution in [3.63, 3.8) is 0 Å². The summed E-state index contributed by atoms with van der Waals surface area (Å²) in [5.74, 6) is -0.398. The molecule has 1 unspecified atom stereocenters. The average molecular weight is 419 g/mol. The Kier molecular flexibility index (Phi) is 5.95. The van der Waals surface area contributed by atoms with E-state index in [1.807, 2.05) is 0 Å². The summed E-state index contributed by atoms with van der Waals surface area (Å²) in [6.45, 7) is -1.38. The molecule has 0 bridgehead atoms. The second-order valence-electron chi connectivity index (χ2n) is 7.10. The van der Waals surface area contributed by atoms with Crippen LogP contribution in [0, 0.1) is 10.1 Å². The van der Waals surface area contributed by atoms with Crippen LogP contribution in [0.5, 0.6) is 5.75 Å². The summed E-state index contributed by atoms with van der Waals surface area (Å²) in [5.41, 5.74) is -0.0131. The number of non-ortho nitro benzene ring substituents is 1. The number of benzene rings is 2. The molecule has 3 amide bonds. The van der Waals surface area contributed by atoms with E-state index in [2.05, 4.69) is 10.1 Å². The number of nitrogens with one attached hydrogen (secondary N) is 1. The minimum Gasteiger partial charge on any atom is -0.435 e. The normalized spacial score (nSPS) is 18.6. The van der Waals surface area contributed by atoms with Crippen molar-refractivity contribution in [1.82, 2.24) is 10.2 Å². The van der Waals surface area contributed by atoms with Crippen molar-refractivity contribution in [2.75, 3.05) is 0 Å². The molecule has 0 saturated carbocycles. The quantitative estimate of drug-likeness (QED) is 0.400. The monoisotopic (exact) mass is 419 g/mol. The first-order valence-electron chi connectivity index (χ1n) is 9.09. The van der Waals surface area contributed by atoms with E-state index in [0.717, 1.165) is 10.5 Å². The number of carbonyl (C=O) groups is 2. The van der Waals surface area contributed by atoms with Crippen molar-refractivity contribution in [2.24, 2.45) is 0 Å². The first kappa shape index (κ1) is 21.2. The third-order valence-corrected chi connectivity index (χ3v) is 4.87. The van der Waals surface area contributed by atoms with E-state index in [1.165, 1.54) is 30.3 Å². The predicted molar refractivity (Wildman–Crippen MR) is 102 cm³/mol. The van der Waals surface area contributed by atoms with E-state index in [1.54, 1.807) is 25.1 Å². The zero-order chi connectivity index (χ0) is 21.9. The maximum absolute atomic E-state index is 12.9. The number of amides is 3. The lowest BCUT2D eigenvalue weighted by Crippen LogP contribution is -2.44. The molecular formula is C20H19F2N3O5. The first-order valence-corrected chi connectivity index (χ1v) is 9.09. The van der Waals surface area contributed by atoms with Crippen LogP contribution in [0.3, 0.4) is 0 Å². The number of hydrogen-bond donors (Lipinski definition) is 1. The molecule has 2 aromatic carbocycles. The highest BCUT2D eigenvalue weighted by atomic mass is 19.3. The fraction of sp³-hybridized carbons (Fsp3) is 0.300. The summed E-state index contributed by atoms with van der Waals surface area (Å²) in [5, 5.41) is 13.6. The second-order valence-corrected chi connectivity index (χ2v) is 7.10. The summed E-state index contributed by atoms with van der Waals surface area (Å²) < 4.78 is 28.7. The fourth-order valence-electron chi connectivity index (χ4n) is 3.24. The van der Waals surface area contributed by atoms with Crippen LogP contribution in [0.1, 0.15) is 24.5 Å². The molecule has 0 spiro atoms. The number of alkyl halides is 2. The summed E-state index contributed by atoms with van der Waals surface area (Å²) >= 11 is 0. The number of carbonyl (C=O) groups excluding carboxylic acids is 2. The molecule has 1 fully saturated rings. The van der Waals surface area contributed by atoms with Crippen LogP contribution in [0.15, 0.2) is 48.5 Å². The second kappa shape index (κ2) is 8.44. The largest absolute Gasteiger partial charge is 0.435 e. The molecule has 8 nitrogen and oxygen atoms in total. The smallest absolute Gasteiger partial charge is 0.387 e. The van der Waals surface area contributed by atoms with Gasteiger partial charge >= 0.3 is 12.6 Å². The molecular weight excluding hydrogens is 400 g/mol. The number of rotatable bonds is 8. The zero-order valence-electron chi connectivity index (χ0n) is 16.0. The van der Waals surface area contributed by atoms with Gasteiger partial charge < -0.3 is 10.1 Å². The number of nitro benzene ring substituents is 1. The number of halogens is 2. The van der Waals surface area contributed by atoms with Crippen molar-refractivity contribution in [3.05, 3.63) is 69.8 Å². The summed E-state index contributed by atoms with van der Waals surface area (Å²) in [7, 11) is 0. The van der Waals surface area contributed by atoms with Gasteiger partial charge in [-0.3, -0.25) is 19.8 Å². The van der Waals surface area contributed by atoms with E-state index in [9.17, 15) is 28.5 Å². The lowest BCUT2D eigenvalue weighted by atomic mass is 9.93. The van der Waals surface area contributed by atoms with Crippen molar-refractivity contribution >= 4 is 17.6 Å². The number of aryl methyl sites for hydroxylation is 1.